The van der Waals surface area contributed by atoms with Gasteiger partial charge in [0.05, 0.1) is 0 Å². The topological polar surface area (TPSA) is 58.4 Å². The fourth-order valence-corrected chi connectivity index (χ4v) is 2.54. The SMILES string of the molecule is Nc1cccc2c1CCN(C(=O)Nc1ccccc1)C2. The summed E-state index contributed by atoms with van der Waals surface area (Å²) >= 11 is 0. The van der Waals surface area contributed by atoms with Gasteiger partial charge in [0.25, 0.3) is 0 Å². The molecule has 20 heavy (non-hydrogen) atoms. The van der Waals surface area contributed by atoms with Gasteiger partial charge in [-0.3, -0.25) is 0 Å². The molecule has 2 aromatic rings. The van der Waals surface area contributed by atoms with Crippen LogP contribution in [-0.2, 0) is 13.0 Å². The van der Waals surface area contributed by atoms with Crippen molar-refractivity contribution < 1.29 is 4.79 Å². The number of fused-ring (bicyclic) bond motifs is 1. The molecular formula is C16H17N3O. The molecule has 1 aliphatic rings. The average molecular weight is 267 g/mol. The summed E-state index contributed by atoms with van der Waals surface area (Å²) in [5, 5.41) is 2.91. The smallest absolute Gasteiger partial charge is 0.322 e. The van der Waals surface area contributed by atoms with Crippen LogP contribution in [0, 0.1) is 0 Å². The molecule has 4 nitrogen and oxygen atoms in total. The predicted molar refractivity (Wildman–Crippen MR) is 80.4 cm³/mol. The van der Waals surface area contributed by atoms with Crippen LogP contribution in [0.3, 0.4) is 0 Å². The maximum Gasteiger partial charge on any atom is 0.322 e. The van der Waals surface area contributed by atoms with Gasteiger partial charge in [-0.05, 0) is 35.7 Å². The Balaban J connectivity index is 1.72. The van der Waals surface area contributed by atoms with E-state index in [-0.39, 0.29) is 6.03 Å². The Hall–Kier alpha value is -2.49. The highest BCUT2D eigenvalue weighted by molar-refractivity contribution is 5.89. The summed E-state index contributed by atoms with van der Waals surface area (Å²) in [5.74, 6) is 0. The molecule has 0 atom stereocenters. The Labute approximate surface area is 118 Å². The molecule has 1 aliphatic heterocycles. The van der Waals surface area contributed by atoms with Crippen LogP contribution in [0.5, 0.6) is 0 Å². The molecule has 3 rings (SSSR count). The molecule has 4 heteroatoms. The second-order valence-electron chi connectivity index (χ2n) is 4.95. The number of carbonyl (C=O) groups is 1. The molecule has 2 aromatic carbocycles. The van der Waals surface area contributed by atoms with Crippen LogP contribution in [0.4, 0.5) is 16.2 Å². The lowest BCUT2D eigenvalue weighted by Crippen LogP contribution is -2.39. The van der Waals surface area contributed by atoms with E-state index in [0.29, 0.717) is 13.1 Å². The van der Waals surface area contributed by atoms with Gasteiger partial charge in [-0.25, -0.2) is 4.79 Å². The number of nitrogen functional groups attached to an aromatic ring is 1. The Morgan fingerprint density at radius 3 is 2.70 bits per heavy atom. The molecule has 102 valence electrons. The lowest BCUT2D eigenvalue weighted by molar-refractivity contribution is 0.206. The maximum atomic E-state index is 12.2. The minimum absolute atomic E-state index is 0.0655. The second kappa shape index (κ2) is 5.25. The number of rotatable bonds is 1. The lowest BCUT2D eigenvalue weighted by Gasteiger charge is -2.29. The van der Waals surface area contributed by atoms with Gasteiger partial charge in [-0.1, -0.05) is 30.3 Å². The van der Waals surface area contributed by atoms with E-state index in [1.54, 1.807) is 0 Å². The van der Waals surface area contributed by atoms with E-state index < -0.39 is 0 Å². The van der Waals surface area contributed by atoms with Crippen LogP contribution >= 0.6 is 0 Å². The minimum atomic E-state index is -0.0655. The van der Waals surface area contributed by atoms with Gasteiger partial charge in [-0.15, -0.1) is 0 Å². The maximum absolute atomic E-state index is 12.2. The van der Waals surface area contributed by atoms with Gasteiger partial charge in [-0.2, -0.15) is 0 Å². The molecule has 1 heterocycles. The third-order valence-electron chi connectivity index (χ3n) is 3.61. The first kappa shape index (κ1) is 12.5. The van der Waals surface area contributed by atoms with Crippen molar-refractivity contribution >= 4 is 17.4 Å². The summed E-state index contributed by atoms with van der Waals surface area (Å²) in [6.07, 6.45) is 0.810. The molecule has 0 unspecified atom stereocenters. The van der Waals surface area contributed by atoms with Gasteiger partial charge < -0.3 is 16.0 Å². The van der Waals surface area contributed by atoms with Crippen molar-refractivity contribution in [1.29, 1.82) is 0 Å². The number of nitrogens with two attached hydrogens (primary N) is 1. The number of nitrogens with one attached hydrogen (secondary N) is 1. The zero-order chi connectivity index (χ0) is 13.9. The number of urea groups is 1. The highest BCUT2D eigenvalue weighted by atomic mass is 16.2. The van der Waals surface area contributed by atoms with E-state index in [0.717, 1.165) is 23.4 Å². The largest absolute Gasteiger partial charge is 0.398 e. The molecule has 0 spiro atoms. The molecule has 0 bridgehead atoms. The quantitative estimate of drug-likeness (QED) is 0.780. The van der Waals surface area contributed by atoms with Crippen molar-refractivity contribution in [2.45, 2.75) is 13.0 Å². The number of carbonyl (C=O) groups excluding carboxylic acids is 1. The van der Waals surface area contributed by atoms with Crippen molar-refractivity contribution in [3.8, 4) is 0 Å². The van der Waals surface area contributed by atoms with Crippen LogP contribution in [0.2, 0.25) is 0 Å². The molecule has 0 saturated carbocycles. The van der Waals surface area contributed by atoms with E-state index in [9.17, 15) is 4.79 Å². The zero-order valence-corrected chi connectivity index (χ0v) is 11.2. The Morgan fingerprint density at radius 2 is 1.90 bits per heavy atom. The molecule has 2 amide bonds. The Morgan fingerprint density at radius 1 is 1.10 bits per heavy atom. The molecule has 3 N–H and O–H groups in total. The van der Waals surface area contributed by atoms with Crippen molar-refractivity contribution in [2.75, 3.05) is 17.6 Å². The van der Waals surface area contributed by atoms with Crippen LogP contribution in [-0.4, -0.2) is 17.5 Å². The van der Waals surface area contributed by atoms with Crippen LogP contribution in [0.25, 0.3) is 0 Å². The summed E-state index contributed by atoms with van der Waals surface area (Å²) in [5.41, 5.74) is 9.92. The van der Waals surface area contributed by atoms with Crippen molar-refractivity contribution in [2.24, 2.45) is 0 Å². The summed E-state index contributed by atoms with van der Waals surface area (Å²) in [4.78, 5) is 14.1. The summed E-state index contributed by atoms with van der Waals surface area (Å²) in [6, 6.07) is 15.3. The van der Waals surface area contributed by atoms with E-state index in [2.05, 4.69) is 5.32 Å². The monoisotopic (exact) mass is 267 g/mol. The fourth-order valence-electron chi connectivity index (χ4n) is 2.54. The normalized spacial score (nSPS) is 13.7. The Kier molecular flexibility index (Phi) is 3.29. The standard InChI is InChI=1S/C16H17N3O/c17-15-8-4-5-12-11-19(10-9-14(12)15)16(20)18-13-6-2-1-3-7-13/h1-8H,9-11,17H2,(H,18,20). The van der Waals surface area contributed by atoms with Crippen LogP contribution in [0.15, 0.2) is 48.5 Å². The van der Waals surface area contributed by atoms with Gasteiger partial charge in [0.2, 0.25) is 0 Å². The molecule has 0 radical (unpaired) electrons. The third kappa shape index (κ3) is 2.45. The summed E-state index contributed by atoms with van der Waals surface area (Å²) < 4.78 is 0. The Bertz CT molecular complexity index is 625. The van der Waals surface area contributed by atoms with Gasteiger partial charge in [0.1, 0.15) is 0 Å². The molecule has 0 fully saturated rings. The second-order valence-corrected chi connectivity index (χ2v) is 4.95. The first-order valence-corrected chi connectivity index (χ1v) is 6.71. The van der Waals surface area contributed by atoms with Crippen molar-refractivity contribution in [3.05, 3.63) is 59.7 Å². The lowest BCUT2D eigenvalue weighted by atomic mass is 9.98. The fraction of sp³-hybridized carbons (Fsp3) is 0.188. The van der Waals surface area contributed by atoms with Gasteiger partial charge in [0.15, 0.2) is 0 Å². The summed E-state index contributed by atoms with van der Waals surface area (Å²) in [6.45, 7) is 1.30. The number of amides is 2. The van der Waals surface area contributed by atoms with Gasteiger partial charge in [0, 0.05) is 24.5 Å². The van der Waals surface area contributed by atoms with Crippen molar-refractivity contribution in [1.82, 2.24) is 4.90 Å². The molecular weight excluding hydrogens is 250 g/mol. The van der Waals surface area contributed by atoms with E-state index in [4.69, 9.17) is 5.73 Å². The average Bonchev–Trinajstić information content (AvgIpc) is 2.48. The first-order valence-electron chi connectivity index (χ1n) is 6.71. The van der Waals surface area contributed by atoms with Crippen LogP contribution in [0.1, 0.15) is 11.1 Å². The van der Waals surface area contributed by atoms with E-state index >= 15 is 0 Å². The van der Waals surface area contributed by atoms with E-state index in [1.165, 1.54) is 5.56 Å². The summed E-state index contributed by atoms with van der Waals surface area (Å²) in [7, 11) is 0. The number of benzene rings is 2. The highest BCUT2D eigenvalue weighted by Crippen LogP contribution is 2.24. The third-order valence-corrected chi connectivity index (χ3v) is 3.61. The number of anilines is 2. The highest BCUT2D eigenvalue weighted by Gasteiger charge is 2.21. The number of hydrogen-bond donors (Lipinski definition) is 2. The predicted octanol–water partition coefficient (Wildman–Crippen LogP) is 2.86. The molecule has 0 saturated heterocycles. The molecule has 0 aromatic heterocycles. The minimum Gasteiger partial charge on any atom is -0.398 e. The zero-order valence-electron chi connectivity index (χ0n) is 11.2. The van der Waals surface area contributed by atoms with E-state index in [1.807, 2.05) is 53.4 Å². The number of nitrogens with zero attached hydrogens (tertiary/aromatic N) is 1. The number of para-hydroxylation sites is 1. The van der Waals surface area contributed by atoms with Crippen molar-refractivity contribution in [3.63, 3.8) is 0 Å². The first-order chi connectivity index (χ1) is 9.74. The number of hydrogen-bond acceptors (Lipinski definition) is 2. The molecule has 0 aliphatic carbocycles. The van der Waals surface area contributed by atoms with Gasteiger partial charge >= 0.3 is 6.03 Å². The van der Waals surface area contributed by atoms with Crippen LogP contribution < -0.4 is 11.1 Å².